The lowest BCUT2D eigenvalue weighted by Gasteiger charge is -2.28. The van der Waals surface area contributed by atoms with Crippen LogP contribution >= 0.6 is 11.6 Å². The van der Waals surface area contributed by atoms with Crippen molar-refractivity contribution in [2.24, 2.45) is 11.5 Å². The van der Waals surface area contributed by atoms with E-state index in [0.717, 1.165) is 0 Å². The van der Waals surface area contributed by atoms with Crippen LogP contribution in [0.2, 0.25) is 0 Å². The Bertz CT molecular complexity index is 210. The molecule has 5 N–H and O–H groups in total. The predicted molar refractivity (Wildman–Crippen MR) is 48.3 cm³/mol. The first kappa shape index (κ1) is 13.5. The summed E-state index contributed by atoms with van der Waals surface area (Å²) in [6, 6.07) is 0. The number of unbranched alkanes of at least 4 members (excludes halogenated alkanes) is 1. The largest absolute Gasteiger partial charge is 0.480 e. The summed E-state index contributed by atoms with van der Waals surface area (Å²) < 4.78 is 25.4. The van der Waals surface area contributed by atoms with Gasteiger partial charge in [0.25, 0.3) is 0 Å². The van der Waals surface area contributed by atoms with Crippen LogP contribution in [0.1, 0.15) is 19.3 Å². The molecule has 0 radical (unpaired) electrons. The summed E-state index contributed by atoms with van der Waals surface area (Å²) in [4.78, 5) is 10.5. The molecule has 0 aromatic heterocycles. The fourth-order valence-corrected chi connectivity index (χ4v) is 1.09. The van der Waals surface area contributed by atoms with Crippen LogP contribution in [-0.2, 0) is 4.79 Å². The minimum atomic E-state index is -3.96. The smallest absolute Gasteiger partial charge is 0.350 e. The molecule has 0 spiro atoms. The molecule has 0 aliphatic carbocycles. The van der Waals surface area contributed by atoms with Gasteiger partial charge in [-0.3, -0.25) is 0 Å². The van der Waals surface area contributed by atoms with Crippen LogP contribution in [0.4, 0.5) is 8.78 Å². The molecule has 0 aliphatic heterocycles. The Morgan fingerprint density at radius 2 is 1.93 bits per heavy atom. The maximum absolute atomic E-state index is 12.7. The average Bonchev–Trinajstić information content (AvgIpc) is 2.02. The number of carbonyl (C=O) groups is 1. The highest BCUT2D eigenvalue weighted by Gasteiger charge is 2.55. The zero-order valence-electron chi connectivity index (χ0n) is 7.47. The highest BCUT2D eigenvalue weighted by Crippen LogP contribution is 2.34. The van der Waals surface area contributed by atoms with Crippen LogP contribution in [0.5, 0.6) is 0 Å². The van der Waals surface area contributed by atoms with Crippen molar-refractivity contribution in [2.75, 3.05) is 6.54 Å². The predicted octanol–water partition coefficient (Wildman–Crippen LogP) is 0.729. The molecule has 1 atom stereocenters. The molecule has 0 aliphatic rings. The molecule has 0 heterocycles. The highest BCUT2D eigenvalue weighted by molar-refractivity contribution is 6.24. The van der Waals surface area contributed by atoms with E-state index in [1.54, 1.807) is 0 Å². The Labute approximate surface area is 85.2 Å². The first-order chi connectivity index (χ1) is 6.25. The van der Waals surface area contributed by atoms with Crippen molar-refractivity contribution in [3.05, 3.63) is 0 Å². The summed E-state index contributed by atoms with van der Waals surface area (Å²) >= 11 is 4.64. The third-order valence-electron chi connectivity index (χ3n) is 1.91. The van der Waals surface area contributed by atoms with Crippen molar-refractivity contribution < 1.29 is 18.7 Å². The van der Waals surface area contributed by atoms with Gasteiger partial charge < -0.3 is 16.6 Å². The van der Waals surface area contributed by atoms with Crippen LogP contribution in [0, 0.1) is 0 Å². The van der Waals surface area contributed by atoms with Gasteiger partial charge in [-0.1, -0.05) is 0 Å². The Balaban J connectivity index is 4.50. The Morgan fingerprint density at radius 3 is 2.21 bits per heavy atom. The van der Waals surface area contributed by atoms with Crippen LogP contribution < -0.4 is 11.5 Å². The van der Waals surface area contributed by atoms with E-state index in [1.165, 1.54) is 0 Å². The van der Waals surface area contributed by atoms with Crippen LogP contribution in [0.25, 0.3) is 0 Å². The summed E-state index contributed by atoms with van der Waals surface area (Å²) in [7, 11) is 0. The molecule has 7 heteroatoms. The van der Waals surface area contributed by atoms with Crippen molar-refractivity contribution >= 4 is 17.6 Å². The van der Waals surface area contributed by atoms with Gasteiger partial charge in [-0.25, -0.2) is 4.79 Å². The number of halogens is 3. The molecule has 4 nitrogen and oxygen atoms in total. The molecule has 1 unspecified atom stereocenters. The topological polar surface area (TPSA) is 89.3 Å². The third-order valence-corrected chi connectivity index (χ3v) is 2.25. The Hall–Kier alpha value is -0.460. The molecule has 14 heavy (non-hydrogen) atoms. The molecular weight excluding hydrogens is 218 g/mol. The number of carboxylic acids is 1. The van der Waals surface area contributed by atoms with E-state index in [4.69, 9.17) is 16.6 Å². The minimum absolute atomic E-state index is 0.196. The van der Waals surface area contributed by atoms with E-state index >= 15 is 0 Å². The molecule has 0 saturated heterocycles. The number of rotatable bonds is 6. The molecular formula is C7H13ClF2N2O2. The molecule has 0 aromatic carbocycles. The van der Waals surface area contributed by atoms with E-state index in [1.807, 2.05) is 0 Å². The quantitative estimate of drug-likeness (QED) is 0.464. The summed E-state index contributed by atoms with van der Waals surface area (Å²) in [5, 5.41) is 4.58. The monoisotopic (exact) mass is 230 g/mol. The maximum atomic E-state index is 12.7. The molecule has 0 rings (SSSR count). The van der Waals surface area contributed by atoms with Crippen molar-refractivity contribution in [1.82, 2.24) is 0 Å². The van der Waals surface area contributed by atoms with E-state index in [9.17, 15) is 13.6 Å². The first-order valence-corrected chi connectivity index (χ1v) is 4.42. The first-order valence-electron chi connectivity index (χ1n) is 4.05. The number of nitrogens with two attached hydrogens (primary N) is 2. The van der Waals surface area contributed by atoms with Crippen molar-refractivity contribution in [3.63, 3.8) is 0 Å². The number of hydrogen-bond donors (Lipinski definition) is 3. The zero-order valence-corrected chi connectivity index (χ0v) is 8.23. The Kier molecular flexibility index (Phi) is 4.70. The normalized spacial score (nSPS) is 16.4. The van der Waals surface area contributed by atoms with Gasteiger partial charge in [-0.15, -0.1) is 0 Å². The molecule has 0 bridgehead atoms. The van der Waals surface area contributed by atoms with Crippen molar-refractivity contribution in [2.45, 2.75) is 30.2 Å². The van der Waals surface area contributed by atoms with Gasteiger partial charge in [0.1, 0.15) is 0 Å². The lowest BCUT2D eigenvalue weighted by atomic mass is 9.94. The molecule has 0 aromatic rings. The molecule has 0 amide bonds. The van der Waals surface area contributed by atoms with E-state index < -0.39 is 23.3 Å². The third kappa shape index (κ3) is 3.04. The lowest BCUT2D eigenvalue weighted by molar-refractivity contribution is -0.153. The van der Waals surface area contributed by atoms with Gasteiger partial charge in [0.2, 0.25) is 0 Å². The average molecular weight is 231 g/mol. The van der Waals surface area contributed by atoms with Gasteiger partial charge in [-0.2, -0.15) is 8.78 Å². The van der Waals surface area contributed by atoms with Crippen LogP contribution in [-0.4, -0.2) is 28.5 Å². The second-order valence-electron chi connectivity index (χ2n) is 3.02. The summed E-state index contributed by atoms with van der Waals surface area (Å²) in [6.45, 7) is 0.295. The van der Waals surface area contributed by atoms with Gasteiger partial charge in [0.15, 0.2) is 5.54 Å². The fourth-order valence-electron chi connectivity index (χ4n) is 0.918. The molecule has 0 saturated carbocycles. The van der Waals surface area contributed by atoms with Gasteiger partial charge >= 0.3 is 11.4 Å². The van der Waals surface area contributed by atoms with Gasteiger partial charge in [0.05, 0.1) is 0 Å². The van der Waals surface area contributed by atoms with E-state index in [2.05, 4.69) is 11.6 Å². The van der Waals surface area contributed by atoms with Crippen molar-refractivity contribution in [3.8, 4) is 0 Å². The second kappa shape index (κ2) is 4.86. The van der Waals surface area contributed by atoms with Crippen molar-refractivity contribution in [1.29, 1.82) is 0 Å². The standard InChI is InChI=1S/C7H13ClF2N2O2/c8-7(9,10)6(12,5(13)14)3-1-2-4-11/h1-4,11-12H2,(H,13,14). The SMILES string of the molecule is NCCCCC(N)(C(=O)O)C(F)(F)Cl. The summed E-state index contributed by atoms with van der Waals surface area (Å²) in [6.07, 6.45) is 0.219. The van der Waals surface area contributed by atoms with Gasteiger partial charge in [-0.05, 0) is 37.4 Å². The summed E-state index contributed by atoms with van der Waals surface area (Å²) in [5.41, 5.74) is 7.45. The number of aliphatic carboxylic acids is 1. The van der Waals surface area contributed by atoms with Crippen LogP contribution in [0.15, 0.2) is 0 Å². The Morgan fingerprint density at radius 1 is 1.43 bits per heavy atom. The highest BCUT2D eigenvalue weighted by atomic mass is 35.5. The number of alkyl halides is 3. The maximum Gasteiger partial charge on any atom is 0.350 e. The molecule has 84 valence electrons. The fraction of sp³-hybridized carbons (Fsp3) is 0.857. The number of hydrogen-bond acceptors (Lipinski definition) is 3. The zero-order chi connectivity index (χ0) is 11.4. The van der Waals surface area contributed by atoms with E-state index in [0.29, 0.717) is 13.0 Å². The lowest BCUT2D eigenvalue weighted by Crippen LogP contribution is -2.59. The summed E-state index contributed by atoms with van der Waals surface area (Å²) in [5.74, 6) is -1.81. The number of carboxylic acid groups (broad SMARTS) is 1. The molecule has 0 fully saturated rings. The van der Waals surface area contributed by atoms with Gasteiger partial charge in [0, 0.05) is 0 Å². The van der Waals surface area contributed by atoms with E-state index in [-0.39, 0.29) is 6.42 Å². The second-order valence-corrected chi connectivity index (χ2v) is 3.49. The minimum Gasteiger partial charge on any atom is -0.480 e. The van der Waals surface area contributed by atoms with Crippen LogP contribution in [0.3, 0.4) is 0 Å².